The lowest BCUT2D eigenvalue weighted by molar-refractivity contribution is -0.142. The van der Waals surface area contributed by atoms with Gasteiger partial charge in [0.25, 0.3) is 0 Å². The van der Waals surface area contributed by atoms with Gasteiger partial charge in [-0.15, -0.1) is 0 Å². The number of ether oxygens (including phenoxy) is 2. The lowest BCUT2D eigenvalue weighted by Crippen LogP contribution is -2.23. The van der Waals surface area contributed by atoms with Gasteiger partial charge in [-0.05, 0) is 12.0 Å². The SMILES string of the molecule is COc1ccc(CN2C[C@@H](C)[C@H](C(=O)O)C2)c(OC)c1. The third-order valence-electron chi connectivity index (χ3n) is 3.89. The fourth-order valence-electron chi connectivity index (χ4n) is 2.74. The molecule has 0 radical (unpaired) electrons. The normalized spacial score (nSPS) is 22.8. The van der Waals surface area contributed by atoms with Crippen molar-refractivity contribution < 1.29 is 19.4 Å². The fraction of sp³-hybridized carbons (Fsp3) is 0.533. The van der Waals surface area contributed by atoms with E-state index in [0.29, 0.717) is 13.1 Å². The van der Waals surface area contributed by atoms with Gasteiger partial charge in [-0.2, -0.15) is 0 Å². The second kappa shape index (κ2) is 6.13. The quantitative estimate of drug-likeness (QED) is 0.891. The van der Waals surface area contributed by atoms with Crippen LogP contribution in [0.25, 0.3) is 0 Å². The minimum absolute atomic E-state index is 0.178. The van der Waals surface area contributed by atoms with Gasteiger partial charge in [0.1, 0.15) is 11.5 Å². The molecule has 1 aromatic carbocycles. The van der Waals surface area contributed by atoms with Crippen molar-refractivity contribution in [3.05, 3.63) is 23.8 Å². The van der Waals surface area contributed by atoms with Crippen molar-refractivity contribution in [2.24, 2.45) is 11.8 Å². The summed E-state index contributed by atoms with van der Waals surface area (Å²) in [6.07, 6.45) is 0. The first kappa shape index (κ1) is 14.7. The third kappa shape index (κ3) is 3.04. The minimum Gasteiger partial charge on any atom is -0.497 e. The molecule has 0 unspecified atom stereocenters. The molecule has 0 aliphatic carbocycles. The van der Waals surface area contributed by atoms with Crippen molar-refractivity contribution in [3.63, 3.8) is 0 Å². The minimum atomic E-state index is -0.707. The van der Waals surface area contributed by atoms with Crippen molar-refractivity contribution in [2.45, 2.75) is 13.5 Å². The fourth-order valence-corrected chi connectivity index (χ4v) is 2.74. The van der Waals surface area contributed by atoms with Crippen LogP contribution in [0.3, 0.4) is 0 Å². The molecule has 0 spiro atoms. The van der Waals surface area contributed by atoms with Crippen molar-refractivity contribution in [1.82, 2.24) is 4.90 Å². The van der Waals surface area contributed by atoms with E-state index in [0.717, 1.165) is 23.6 Å². The van der Waals surface area contributed by atoms with Crippen molar-refractivity contribution in [2.75, 3.05) is 27.3 Å². The van der Waals surface area contributed by atoms with Gasteiger partial charge in [-0.1, -0.05) is 13.0 Å². The second-order valence-corrected chi connectivity index (χ2v) is 5.29. The predicted octanol–water partition coefficient (Wildman–Crippen LogP) is 1.86. The van der Waals surface area contributed by atoms with Gasteiger partial charge in [0.05, 0.1) is 20.1 Å². The number of aliphatic carboxylic acids is 1. The highest BCUT2D eigenvalue weighted by Crippen LogP contribution is 2.29. The number of nitrogens with zero attached hydrogens (tertiary/aromatic N) is 1. The zero-order valence-electron chi connectivity index (χ0n) is 12.1. The Morgan fingerprint density at radius 1 is 1.35 bits per heavy atom. The molecule has 20 heavy (non-hydrogen) atoms. The van der Waals surface area contributed by atoms with E-state index < -0.39 is 5.97 Å². The molecular weight excluding hydrogens is 258 g/mol. The molecule has 1 aromatic rings. The smallest absolute Gasteiger partial charge is 0.308 e. The highest BCUT2D eigenvalue weighted by atomic mass is 16.5. The highest BCUT2D eigenvalue weighted by Gasteiger charge is 2.34. The maximum atomic E-state index is 11.1. The molecule has 1 heterocycles. The van der Waals surface area contributed by atoms with Gasteiger partial charge < -0.3 is 14.6 Å². The van der Waals surface area contributed by atoms with Crippen LogP contribution < -0.4 is 9.47 Å². The summed E-state index contributed by atoms with van der Waals surface area (Å²) in [6.45, 7) is 4.07. The molecule has 0 amide bonds. The first-order valence-electron chi connectivity index (χ1n) is 6.71. The van der Waals surface area contributed by atoms with Gasteiger partial charge in [0, 0.05) is 31.3 Å². The molecule has 2 atom stereocenters. The summed E-state index contributed by atoms with van der Waals surface area (Å²) >= 11 is 0. The number of carboxylic acid groups (broad SMARTS) is 1. The van der Waals surface area contributed by atoms with Gasteiger partial charge in [0.15, 0.2) is 0 Å². The van der Waals surface area contributed by atoms with Crippen molar-refractivity contribution >= 4 is 5.97 Å². The number of hydrogen-bond acceptors (Lipinski definition) is 4. The zero-order chi connectivity index (χ0) is 14.7. The van der Waals surface area contributed by atoms with Crippen LogP contribution in [0.4, 0.5) is 0 Å². The molecule has 5 heteroatoms. The van der Waals surface area contributed by atoms with E-state index in [1.54, 1.807) is 14.2 Å². The second-order valence-electron chi connectivity index (χ2n) is 5.29. The van der Waals surface area contributed by atoms with E-state index in [2.05, 4.69) is 4.90 Å². The Balaban J connectivity index is 2.09. The summed E-state index contributed by atoms with van der Waals surface area (Å²) < 4.78 is 10.6. The van der Waals surface area contributed by atoms with Crippen LogP contribution in [0.1, 0.15) is 12.5 Å². The molecule has 5 nitrogen and oxygen atoms in total. The van der Waals surface area contributed by atoms with Crippen LogP contribution in [0.15, 0.2) is 18.2 Å². The van der Waals surface area contributed by atoms with Crippen LogP contribution in [-0.2, 0) is 11.3 Å². The predicted molar refractivity (Wildman–Crippen MR) is 75.1 cm³/mol. The Kier molecular flexibility index (Phi) is 4.49. The van der Waals surface area contributed by atoms with Gasteiger partial charge in [-0.25, -0.2) is 0 Å². The number of rotatable bonds is 5. The largest absolute Gasteiger partial charge is 0.497 e. The Bertz CT molecular complexity index is 489. The van der Waals surface area contributed by atoms with Crippen LogP contribution in [0.2, 0.25) is 0 Å². The summed E-state index contributed by atoms with van der Waals surface area (Å²) in [6, 6.07) is 5.71. The number of hydrogen-bond donors (Lipinski definition) is 1. The van der Waals surface area contributed by atoms with Crippen LogP contribution >= 0.6 is 0 Å². The van der Waals surface area contributed by atoms with Crippen molar-refractivity contribution in [1.29, 1.82) is 0 Å². The topological polar surface area (TPSA) is 59.0 Å². The van der Waals surface area contributed by atoms with Crippen LogP contribution in [0.5, 0.6) is 11.5 Å². The summed E-state index contributed by atoms with van der Waals surface area (Å²) in [5.41, 5.74) is 1.05. The first-order valence-corrected chi connectivity index (χ1v) is 6.71. The summed E-state index contributed by atoms with van der Waals surface area (Å²) in [5.74, 6) is 0.720. The van der Waals surface area contributed by atoms with Gasteiger partial charge in [0.2, 0.25) is 0 Å². The Morgan fingerprint density at radius 3 is 2.65 bits per heavy atom. The van der Waals surface area contributed by atoms with Crippen LogP contribution in [-0.4, -0.2) is 43.3 Å². The van der Waals surface area contributed by atoms with E-state index in [4.69, 9.17) is 14.6 Å². The van der Waals surface area contributed by atoms with E-state index >= 15 is 0 Å². The molecule has 1 N–H and O–H groups in total. The number of benzene rings is 1. The third-order valence-corrected chi connectivity index (χ3v) is 3.89. The maximum absolute atomic E-state index is 11.1. The molecule has 0 bridgehead atoms. The standard InChI is InChI=1S/C15H21NO4/c1-10-7-16(9-13(10)15(17)18)8-11-4-5-12(19-2)6-14(11)20-3/h4-6,10,13H,7-9H2,1-3H3,(H,17,18)/t10-,13-/m1/s1. The summed E-state index contributed by atoms with van der Waals surface area (Å²) in [4.78, 5) is 13.3. The molecule has 1 saturated heterocycles. The molecule has 1 aliphatic heterocycles. The monoisotopic (exact) mass is 279 g/mol. The van der Waals surface area contributed by atoms with E-state index in [9.17, 15) is 4.79 Å². The van der Waals surface area contributed by atoms with Gasteiger partial charge >= 0.3 is 5.97 Å². The first-order chi connectivity index (χ1) is 9.55. The number of carboxylic acids is 1. The Morgan fingerprint density at radius 2 is 2.10 bits per heavy atom. The van der Waals surface area contributed by atoms with E-state index in [1.165, 1.54) is 0 Å². The maximum Gasteiger partial charge on any atom is 0.308 e. The van der Waals surface area contributed by atoms with E-state index in [-0.39, 0.29) is 11.8 Å². The number of carbonyl (C=O) groups is 1. The number of methoxy groups -OCH3 is 2. The molecule has 1 fully saturated rings. The lowest BCUT2D eigenvalue weighted by atomic mass is 9.99. The molecule has 2 rings (SSSR count). The van der Waals surface area contributed by atoms with Crippen molar-refractivity contribution in [3.8, 4) is 11.5 Å². The summed E-state index contributed by atoms with van der Waals surface area (Å²) in [7, 11) is 3.25. The average Bonchev–Trinajstić information content (AvgIpc) is 2.80. The molecule has 0 aromatic heterocycles. The van der Waals surface area contributed by atoms with Crippen LogP contribution in [0, 0.1) is 11.8 Å². The van der Waals surface area contributed by atoms with E-state index in [1.807, 2.05) is 25.1 Å². The number of likely N-dealkylation sites (tertiary alicyclic amines) is 1. The highest BCUT2D eigenvalue weighted by molar-refractivity contribution is 5.71. The Labute approximate surface area is 119 Å². The van der Waals surface area contributed by atoms with Gasteiger partial charge in [-0.3, -0.25) is 9.69 Å². The molecule has 1 aliphatic rings. The molecule has 110 valence electrons. The average molecular weight is 279 g/mol. The Hall–Kier alpha value is -1.75. The molecular formula is C15H21NO4. The lowest BCUT2D eigenvalue weighted by Gasteiger charge is -2.18. The summed E-state index contributed by atoms with van der Waals surface area (Å²) in [5, 5.41) is 9.17. The zero-order valence-corrected chi connectivity index (χ0v) is 12.1. The molecule has 0 saturated carbocycles.